The van der Waals surface area contributed by atoms with Crippen LogP contribution in [0.4, 0.5) is 0 Å². The second-order valence-electron chi connectivity index (χ2n) is 1.63. The van der Waals surface area contributed by atoms with Crippen molar-refractivity contribution in [2.45, 2.75) is 26.7 Å². The summed E-state index contributed by atoms with van der Waals surface area (Å²) in [7, 11) is 0. The molecule has 0 nitrogen and oxygen atoms in total. The first-order valence-electron chi connectivity index (χ1n) is 2.60. The molecular weight excluding hydrogens is 322 g/mol. The summed E-state index contributed by atoms with van der Waals surface area (Å²) >= 11 is 0. The Morgan fingerprint density at radius 3 is 2.25 bits per heavy atom. The third-order valence-corrected chi connectivity index (χ3v) is 0.979. The molecule has 0 atom stereocenters. The van der Waals surface area contributed by atoms with Gasteiger partial charge >= 0.3 is 31.1 Å². The van der Waals surface area contributed by atoms with Gasteiger partial charge in [0.25, 0.3) is 0 Å². The van der Waals surface area contributed by atoms with Crippen LogP contribution in [0.25, 0.3) is 0 Å². The molecule has 0 radical (unpaired) electrons. The van der Waals surface area contributed by atoms with Crippen molar-refractivity contribution in [3.8, 4) is 0 Å². The molecule has 0 aromatic heterocycles. The topological polar surface area (TPSA) is 0 Å². The van der Waals surface area contributed by atoms with Gasteiger partial charge in [0.05, 0.1) is 0 Å². The van der Waals surface area contributed by atoms with Crippen LogP contribution < -0.4 is 0 Å². The van der Waals surface area contributed by atoms with Crippen molar-refractivity contribution in [2.75, 3.05) is 0 Å². The van der Waals surface area contributed by atoms with Crippen LogP contribution in [0, 0.1) is 44.1 Å². The first-order chi connectivity index (χ1) is 3.31. The van der Waals surface area contributed by atoms with Gasteiger partial charge in [0.2, 0.25) is 0 Å². The summed E-state index contributed by atoms with van der Waals surface area (Å²) in [6, 6.07) is 0. The van der Waals surface area contributed by atoms with E-state index in [2.05, 4.69) is 19.9 Å². The number of rotatable bonds is 2. The molecule has 1 heteroatoms. The predicted octanol–water partition coefficient (Wildman–Crippen LogP) is 2.37. The van der Waals surface area contributed by atoms with E-state index in [0.717, 1.165) is 12.8 Å². The second-order valence-corrected chi connectivity index (χ2v) is 1.63. The second kappa shape index (κ2) is 7.79. The molecule has 0 N–H and O–H groups in total. The van der Waals surface area contributed by atoms with Crippen LogP contribution in [0.15, 0.2) is 5.57 Å². The molecule has 0 spiro atoms. The van der Waals surface area contributed by atoms with Gasteiger partial charge < -0.3 is 13.0 Å². The van der Waals surface area contributed by atoms with E-state index in [1.807, 2.05) is 6.92 Å². The van der Waals surface area contributed by atoms with Crippen LogP contribution >= 0.6 is 0 Å². The standard InChI is InChI=1S/C7H12.U/c1-4-6-7(3)5-2;/h1,4,6H2,2-3H3;/q-2;+2. The maximum absolute atomic E-state index is 3.71. The fraction of sp³-hybridized carbons (Fsp3) is 0.571. The first kappa shape index (κ1) is 11.6. The average molecular weight is 334 g/mol. The van der Waals surface area contributed by atoms with E-state index in [1.165, 1.54) is 5.57 Å². The number of allylic oxidation sites excluding steroid dienone is 2. The van der Waals surface area contributed by atoms with E-state index in [9.17, 15) is 0 Å². The molecule has 8 heavy (non-hydrogen) atoms. The summed E-state index contributed by atoms with van der Waals surface area (Å²) in [5.41, 5.74) is 1.31. The van der Waals surface area contributed by atoms with Crippen LogP contribution in [0.1, 0.15) is 26.7 Å². The smallest absolute Gasteiger partial charge is 0.501 e. The van der Waals surface area contributed by atoms with Gasteiger partial charge in [0.15, 0.2) is 0 Å². The van der Waals surface area contributed by atoms with E-state index >= 15 is 0 Å². The summed E-state index contributed by atoms with van der Waals surface area (Å²) < 4.78 is 0. The van der Waals surface area contributed by atoms with Gasteiger partial charge in [0, 0.05) is 0 Å². The zero-order valence-corrected chi connectivity index (χ0v) is 9.79. The summed E-state index contributed by atoms with van der Waals surface area (Å²) in [5, 5.41) is 0. The maximum atomic E-state index is 3.71. The Balaban J connectivity index is 0. The molecule has 0 heterocycles. The molecule has 0 saturated carbocycles. The van der Waals surface area contributed by atoms with Crippen LogP contribution in [-0.4, -0.2) is 0 Å². The summed E-state index contributed by atoms with van der Waals surface area (Å²) in [4.78, 5) is 0. The fourth-order valence-electron chi connectivity index (χ4n) is 0.390. The van der Waals surface area contributed by atoms with Crippen LogP contribution in [0.3, 0.4) is 0 Å². The van der Waals surface area contributed by atoms with E-state index in [-0.39, 0.29) is 31.1 Å². The molecule has 0 aromatic carbocycles. The maximum Gasteiger partial charge on any atom is 2.00 e. The van der Waals surface area contributed by atoms with Crippen LogP contribution in [0.5, 0.6) is 0 Å². The molecule has 0 aliphatic carbocycles. The van der Waals surface area contributed by atoms with Crippen LogP contribution in [-0.2, 0) is 0 Å². The van der Waals surface area contributed by atoms with E-state index in [1.54, 1.807) is 0 Å². The molecule has 0 aliphatic rings. The fourth-order valence-corrected chi connectivity index (χ4v) is 0.390. The Hall–Kier alpha value is 0.792. The summed E-state index contributed by atoms with van der Waals surface area (Å²) in [5.74, 6) is 0. The SMILES string of the molecule is [CH2-]CCC(C)=[C-]C.[U+2]. The van der Waals surface area contributed by atoms with Gasteiger partial charge in [-0.2, -0.15) is 13.3 Å². The zero-order valence-electron chi connectivity index (χ0n) is 5.62. The first-order valence-corrected chi connectivity index (χ1v) is 2.60. The quantitative estimate of drug-likeness (QED) is 0.680. The molecule has 0 amide bonds. The van der Waals surface area contributed by atoms with Gasteiger partial charge in [-0.1, -0.05) is 13.3 Å². The molecule has 0 aliphatic heterocycles. The Morgan fingerprint density at radius 2 is 2.12 bits per heavy atom. The van der Waals surface area contributed by atoms with Gasteiger partial charge in [-0.3, -0.25) is 5.57 Å². The minimum atomic E-state index is 0. The third-order valence-electron chi connectivity index (χ3n) is 0.979. The van der Waals surface area contributed by atoms with Crippen molar-refractivity contribution in [2.24, 2.45) is 0 Å². The monoisotopic (exact) mass is 334 g/mol. The van der Waals surface area contributed by atoms with E-state index in [0.29, 0.717) is 0 Å². The number of hydrogen-bond acceptors (Lipinski definition) is 0. The van der Waals surface area contributed by atoms with Gasteiger partial charge in [-0.25, -0.2) is 0 Å². The van der Waals surface area contributed by atoms with Crippen molar-refractivity contribution in [1.29, 1.82) is 0 Å². The van der Waals surface area contributed by atoms with Crippen molar-refractivity contribution in [3.63, 3.8) is 0 Å². The Kier molecular flexibility index (Phi) is 11.3. The van der Waals surface area contributed by atoms with Crippen molar-refractivity contribution in [1.82, 2.24) is 0 Å². The van der Waals surface area contributed by atoms with Gasteiger partial charge in [0.1, 0.15) is 0 Å². The van der Waals surface area contributed by atoms with E-state index < -0.39 is 0 Å². The normalized spacial score (nSPS) is 10.6. The predicted molar refractivity (Wildman–Crippen MR) is 32.7 cm³/mol. The molecule has 0 saturated heterocycles. The van der Waals surface area contributed by atoms with Crippen molar-refractivity contribution < 1.29 is 31.1 Å². The molecule has 44 valence electrons. The summed E-state index contributed by atoms with van der Waals surface area (Å²) in [6.07, 6.45) is 5.13. The Morgan fingerprint density at radius 1 is 1.62 bits per heavy atom. The largest absolute Gasteiger partial charge is 2.00 e. The molecule has 0 bridgehead atoms. The Bertz CT molecular complexity index is 64.8. The molecule has 0 unspecified atom stereocenters. The molecule has 0 fully saturated rings. The number of hydrogen-bond donors (Lipinski definition) is 0. The summed E-state index contributed by atoms with van der Waals surface area (Å²) in [6.45, 7) is 7.72. The van der Waals surface area contributed by atoms with E-state index in [4.69, 9.17) is 0 Å². The Labute approximate surface area is 76.1 Å². The average Bonchev–Trinajstić information content (AvgIpc) is 1.68. The minimum Gasteiger partial charge on any atom is -0.501 e. The van der Waals surface area contributed by atoms with Gasteiger partial charge in [-0.15, -0.1) is 0 Å². The minimum absolute atomic E-state index is 0. The zero-order chi connectivity index (χ0) is 5.70. The van der Waals surface area contributed by atoms with Crippen molar-refractivity contribution >= 4 is 0 Å². The molecule has 0 aromatic rings. The molecular formula is C7H12U. The molecule has 0 rings (SSSR count). The van der Waals surface area contributed by atoms with Crippen molar-refractivity contribution in [3.05, 3.63) is 18.6 Å². The third kappa shape index (κ3) is 6.79. The van der Waals surface area contributed by atoms with Gasteiger partial charge in [-0.05, 0) is 0 Å². The van der Waals surface area contributed by atoms with Crippen LogP contribution in [0.2, 0.25) is 0 Å².